The van der Waals surface area contributed by atoms with Crippen molar-refractivity contribution in [2.75, 3.05) is 0 Å². The molecule has 0 unspecified atom stereocenters. The van der Waals surface area contributed by atoms with Crippen molar-refractivity contribution in [1.29, 1.82) is 0 Å². The summed E-state index contributed by atoms with van der Waals surface area (Å²) in [5.74, 6) is -0.206. The van der Waals surface area contributed by atoms with Crippen LogP contribution >= 0.6 is 46.1 Å². The molecule has 5 nitrogen and oxygen atoms in total. The second-order valence-electron chi connectivity index (χ2n) is 7.28. The summed E-state index contributed by atoms with van der Waals surface area (Å²) in [4.78, 5) is 18.8. The first-order valence-electron chi connectivity index (χ1n) is 9.82. The number of hydrogen-bond acceptors (Lipinski definition) is 4. The van der Waals surface area contributed by atoms with Crippen LogP contribution in [0.3, 0.4) is 0 Å². The smallest absolute Gasteiger partial charge is 0.350 e. The highest BCUT2D eigenvalue weighted by molar-refractivity contribution is 7.15. The van der Waals surface area contributed by atoms with Crippen molar-refractivity contribution in [1.82, 2.24) is 9.38 Å². The zero-order chi connectivity index (χ0) is 23.1. The van der Waals surface area contributed by atoms with E-state index in [0.717, 1.165) is 4.88 Å². The van der Waals surface area contributed by atoms with Crippen molar-refractivity contribution < 1.29 is 9.67 Å². The van der Waals surface area contributed by atoms with Gasteiger partial charge in [0.15, 0.2) is 4.47 Å². The van der Waals surface area contributed by atoms with Gasteiger partial charge in [0, 0.05) is 27.9 Å². The Morgan fingerprint density at radius 2 is 1.73 bits per heavy atom. The largest absolute Gasteiger partial charge is 0.872 e. The molecule has 5 rings (SSSR count). The molecule has 9 heteroatoms. The SMILES string of the molecule is O=c1c(-c2cc(Cl)cc(Cl)c2)c(-c2ccccc2[O-])[n+](Cc2cnc(Cl)s2)c2ccccn12. The number of halogens is 3. The maximum absolute atomic E-state index is 13.8. The molecule has 0 bridgehead atoms. The summed E-state index contributed by atoms with van der Waals surface area (Å²) in [6.45, 7) is 0.350. The van der Waals surface area contributed by atoms with Crippen LogP contribution in [-0.2, 0) is 6.54 Å². The number of nitrogens with zero attached hydrogens (tertiary/aromatic N) is 3. The number of fused-ring (bicyclic) bond motifs is 1. The number of pyridine rings is 1. The Labute approximate surface area is 207 Å². The van der Waals surface area contributed by atoms with E-state index < -0.39 is 0 Å². The molecule has 0 saturated heterocycles. The Bertz CT molecular complexity index is 1560. The number of benzene rings is 2. The van der Waals surface area contributed by atoms with Gasteiger partial charge >= 0.3 is 5.56 Å². The lowest BCUT2D eigenvalue weighted by molar-refractivity contribution is -0.654. The molecule has 3 aromatic heterocycles. The van der Waals surface area contributed by atoms with Crippen molar-refractivity contribution in [3.63, 3.8) is 0 Å². The second kappa shape index (κ2) is 8.80. The summed E-state index contributed by atoms with van der Waals surface area (Å²) in [6.07, 6.45) is 3.38. The van der Waals surface area contributed by atoms with Crippen LogP contribution in [0.4, 0.5) is 0 Å². The highest BCUT2D eigenvalue weighted by Crippen LogP contribution is 2.34. The molecule has 33 heavy (non-hydrogen) atoms. The van der Waals surface area contributed by atoms with Gasteiger partial charge < -0.3 is 5.11 Å². The van der Waals surface area contributed by atoms with Crippen LogP contribution in [0.25, 0.3) is 28.0 Å². The molecule has 0 aliphatic carbocycles. The topological polar surface area (TPSA) is 61.3 Å². The third-order valence-electron chi connectivity index (χ3n) is 5.19. The quantitative estimate of drug-likeness (QED) is 0.299. The molecule has 0 fully saturated rings. The van der Waals surface area contributed by atoms with Crippen LogP contribution < -0.4 is 15.2 Å². The lowest BCUT2D eigenvalue weighted by atomic mass is 9.98. The minimum Gasteiger partial charge on any atom is -0.872 e. The van der Waals surface area contributed by atoms with Gasteiger partial charge in [-0.25, -0.2) is 14.3 Å². The van der Waals surface area contributed by atoms with Crippen molar-refractivity contribution in [2.24, 2.45) is 0 Å². The maximum Gasteiger partial charge on any atom is 0.350 e. The molecule has 5 aromatic rings. The minimum atomic E-state index is -0.291. The van der Waals surface area contributed by atoms with Gasteiger partial charge in [-0.2, -0.15) is 4.40 Å². The van der Waals surface area contributed by atoms with E-state index in [4.69, 9.17) is 34.8 Å². The molecular weight excluding hydrogens is 501 g/mol. The molecule has 0 aliphatic rings. The molecule has 0 spiro atoms. The molecule has 0 atom stereocenters. The zero-order valence-electron chi connectivity index (χ0n) is 16.8. The Hall–Kier alpha value is -2.90. The highest BCUT2D eigenvalue weighted by Gasteiger charge is 2.27. The summed E-state index contributed by atoms with van der Waals surface area (Å²) in [5, 5.41) is 13.8. The molecule has 0 N–H and O–H groups in total. The average Bonchev–Trinajstić information content (AvgIpc) is 3.20. The molecule has 2 aromatic carbocycles. The molecule has 0 saturated carbocycles. The van der Waals surface area contributed by atoms with Crippen LogP contribution in [0.1, 0.15) is 4.88 Å². The summed E-state index contributed by atoms with van der Waals surface area (Å²) in [6, 6.07) is 17.0. The van der Waals surface area contributed by atoms with E-state index in [9.17, 15) is 9.90 Å². The van der Waals surface area contributed by atoms with E-state index in [0.29, 0.717) is 49.1 Å². The molecule has 0 amide bonds. The van der Waals surface area contributed by atoms with Crippen LogP contribution in [-0.4, -0.2) is 9.38 Å². The highest BCUT2D eigenvalue weighted by atomic mass is 35.5. The van der Waals surface area contributed by atoms with Crippen LogP contribution in [0, 0.1) is 0 Å². The van der Waals surface area contributed by atoms with Gasteiger partial charge in [0.2, 0.25) is 0 Å². The zero-order valence-corrected chi connectivity index (χ0v) is 19.9. The van der Waals surface area contributed by atoms with Crippen molar-refractivity contribution in [2.45, 2.75) is 6.54 Å². The van der Waals surface area contributed by atoms with Gasteiger partial charge in [0.05, 0.1) is 11.1 Å². The first kappa shape index (κ1) is 21.9. The summed E-state index contributed by atoms with van der Waals surface area (Å²) in [7, 11) is 0. The summed E-state index contributed by atoms with van der Waals surface area (Å²) >= 11 is 20.0. The van der Waals surface area contributed by atoms with E-state index in [1.165, 1.54) is 17.4 Å². The maximum atomic E-state index is 13.8. The van der Waals surface area contributed by atoms with Gasteiger partial charge in [-0.05, 0) is 29.8 Å². The Kier molecular flexibility index (Phi) is 5.85. The van der Waals surface area contributed by atoms with Crippen LogP contribution in [0.15, 0.2) is 77.9 Å². The number of para-hydroxylation sites is 1. The fourth-order valence-electron chi connectivity index (χ4n) is 3.87. The predicted octanol–water partition coefficient (Wildman–Crippen LogP) is 5.46. The van der Waals surface area contributed by atoms with Gasteiger partial charge in [-0.15, -0.1) is 11.3 Å². The predicted molar refractivity (Wildman–Crippen MR) is 130 cm³/mol. The van der Waals surface area contributed by atoms with E-state index in [-0.39, 0.29) is 11.3 Å². The van der Waals surface area contributed by atoms with Crippen molar-refractivity contribution in [3.8, 4) is 28.1 Å². The summed E-state index contributed by atoms with van der Waals surface area (Å²) < 4.78 is 3.88. The molecule has 164 valence electrons. The molecule has 0 radical (unpaired) electrons. The number of thiazole rings is 1. The third kappa shape index (κ3) is 4.11. The third-order valence-corrected chi connectivity index (χ3v) is 6.72. The molecule has 3 heterocycles. The standard InChI is InChI=1S/C24H14Cl3N3O2S/c25-15-9-14(10-16(26)11-15)21-22(18-5-1-2-6-19(18)31)30(13-17-12-28-24(27)33-17)20-7-3-4-8-29(20)23(21)32/h1-12H,13H2. The molecule has 0 aliphatic heterocycles. The fraction of sp³-hybridized carbons (Fsp3) is 0.0417. The number of rotatable bonds is 4. The Morgan fingerprint density at radius 1 is 1.00 bits per heavy atom. The van der Waals surface area contributed by atoms with Gasteiger partial charge in [0.25, 0.3) is 5.65 Å². The van der Waals surface area contributed by atoms with Crippen molar-refractivity contribution >= 4 is 51.8 Å². The number of aromatic nitrogens is 3. The van der Waals surface area contributed by atoms with Crippen LogP contribution in [0.2, 0.25) is 14.5 Å². The van der Waals surface area contributed by atoms with E-state index in [1.54, 1.807) is 59.3 Å². The van der Waals surface area contributed by atoms with E-state index in [1.807, 2.05) is 16.7 Å². The molecular formula is C24H14Cl3N3O2S. The van der Waals surface area contributed by atoms with Gasteiger partial charge in [-0.3, -0.25) is 0 Å². The van der Waals surface area contributed by atoms with Crippen LogP contribution in [0.5, 0.6) is 5.75 Å². The first-order chi connectivity index (χ1) is 15.9. The first-order valence-corrected chi connectivity index (χ1v) is 11.8. The number of hydrogen-bond donors (Lipinski definition) is 0. The fourth-order valence-corrected chi connectivity index (χ4v) is 5.36. The van der Waals surface area contributed by atoms with E-state index in [2.05, 4.69) is 4.98 Å². The Balaban J connectivity index is 1.96. The normalized spacial score (nSPS) is 11.2. The second-order valence-corrected chi connectivity index (χ2v) is 9.85. The van der Waals surface area contributed by atoms with Crippen molar-refractivity contribution in [3.05, 3.63) is 103 Å². The van der Waals surface area contributed by atoms with Gasteiger partial charge in [0.1, 0.15) is 17.8 Å². The summed E-state index contributed by atoms with van der Waals surface area (Å²) in [5.41, 5.74) is 2.03. The minimum absolute atomic E-state index is 0.206. The lowest BCUT2D eigenvalue weighted by Crippen LogP contribution is -2.43. The monoisotopic (exact) mass is 513 g/mol. The Morgan fingerprint density at radius 3 is 2.42 bits per heavy atom. The average molecular weight is 515 g/mol. The van der Waals surface area contributed by atoms with E-state index >= 15 is 0 Å². The lowest BCUT2D eigenvalue weighted by Gasteiger charge is -2.18. The van der Waals surface area contributed by atoms with Gasteiger partial charge in [-0.1, -0.05) is 70.9 Å².